The van der Waals surface area contributed by atoms with E-state index in [-0.39, 0.29) is 0 Å². The zero-order valence-electron chi connectivity index (χ0n) is 30.2. The molecule has 1 aromatic heterocycles. The third-order valence-corrected chi connectivity index (χ3v) is 11.4. The van der Waals surface area contributed by atoms with Crippen LogP contribution in [0.1, 0.15) is 0 Å². The van der Waals surface area contributed by atoms with Gasteiger partial charge in [0.15, 0.2) is 0 Å². The average Bonchev–Trinajstić information content (AvgIpc) is 3.62. The van der Waals surface area contributed by atoms with Gasteiger partial charge in [-0.15, -0.1) is 0 Å². The number of anilines is 6. The van der Waals surface area contributed by atoms with Crippen LogP contribution in [0.25, 0.3) is 65.0 Å². The molecule has 11 rings (SSSR count). The summed E-state index contributed by atoms with van der Waals surface area (Å²) in [6, 6.07) is 71.8. The number of fused-ring (bicyclic) bond motifs is 9. The smallest absolute Gasteiger partial charge is 0.135 e. The van der Waals surface area contributed by atoms with Gasteiger partial charge in [0.1, 0.15) is 11.2 Å². The lowest BCUT2D eigenvalue weighted by molar-refractivity contribution is 0.669. The summed E-state index contributed by atoms with van der Waals surface area (Å²) in [5.74, 6) is 0. The highest BCUT2D eigenvalue weighted by atomic mass is 79.9. The van der Waals surface area contributed by atoms with Gasteiger partial charge in [0.25, 0.3) is 0 Å². The van der Waals surface area contributed by atoms with Crippen molar-refractivity contribution in [1.82, 2.24) is 0 Å². The van der Waals surface area contributed by atoms with E-state index in [9.17, 15) is 0 Å². The zero-order valence-corrected chi connectivity index (χ0v) is 31.8. The van der Waals surface area contributed by atoms with Gasteiger partial charge in [0.05, 0.1) is 11.4 Å². The third kappa shape index (κ3) is 5.33. The van der Waals surface area contributed by atoms with Crippen molar-refractivity contribution in [3.05, 3.63) is 205 Å². The van der Waals surface area contributed by atoms with Crippen LogP contribution in [0.4, 0.5) is 34.1 Å². The molecule has 0 N–H and O–H groups in total. The second-order valence-electron chi connectivity index (χ2n) is 14.3. The molecule has 0 bridgehead atoms. The Balaban J connectivity index is 1.21. The molecule has 0 saturated heterocycles. The highest BCUT2D eigenvalue weighted by molar-refractivity contribution is 9.10. The summed E-state index contributed by atoms with van der Waals surface area (Å²) in [7, 11) is 0. The number of hydrogen-bond acceptors (Lipinski definition) is 3. The number of furan rings is 1. The zero-order chi connectivity index (χ0) is 37.2. The van der Waals surface area contributed by atoms with Crippen molar-refractivity contribution in [3.8, 4) is 0 Å². The van der Waals surface area contributed by atoms with Crippen molar-refractivity contribution < 1.29 is 4.42 Å². The summed E-state index contributed by atoms with van der Waals surface area (Å²) in [6.45, 7) is 0. The van der Waals surface area contributed by atoms with Gasteiger partial charge in [-0.05, 0) is 99.0 Å². The van der Waals surface area contributed by atoms with Crippen LogP contribution in [0.3, 0.4) is 0 Å². The van der Waals surface area contributed by atoms with Gasteiger partial charge in [-0.1, -0.05) is 149 Å². The number of hydrogen-bond donors (Lipinski definition) is 0. The molecule has 0 atom stereocenters. The Bertz CT molecular complexity index is 3300. The first-order valence-electron chi connectivity index (χ1n) is 18.9. The standard InChI is InChI=1S/C52H33BrN2O/c53-36-30-39(54(37-16-2-1-3-17-37)49-28-34-14-4-6-18-41(34)43-20-8-10-22-45(43)49)32-40(31-36)55(38-26-27-52-48(33-38)47-24-12-13-25-51(47)56-52)50-29-35-15-5-7-19-42(35)44-21-9-11-23-46(44)50/h1-33H. The van der Waals surface area contributed by atoms with E-state index in [1.807, 2.05) is 12.1 Å². The van der Waals surface area contributed by atoms with Crippen molar-refractivity contribution in [2.75, 3.05) is 9.80 Å². The second-order valence-corrected chi connectivity index (χ2v) is 15.2. The highest BCUT2D eigenvalue weighted by Gasteiger charge is 2.23. The maximum Gasteiger partial charge on any atom is 0.135 e. The number of para-hydroxylation sites is 2. The molecule has 10 aromatic carbocycles. The molecule has 0 unspecified atom stereocenters. The van der Waals surface area contributed by atoms with Gasteiger partial charge >= 0.3 is 0 Å². The molecule has 0 aliphatic rings. The van der Waals surface area contributed by atoms with Crippen LogP contribution >= 0.6 is 15.9 Å². The summed E-state index contributed by atoms with van der Waals surface area (Å²) >= 11 is 4.02. The quantitative estimate of drug-likeness (QED) is 0.157. The second kappa shape index (κ2) is 13.2. The number of benzene rings is 10. The van der Waals surface area contributed by atoms with Crippen molar-refractivity contribution in [3.63, 3.8) is 0 Å². The lowest BCUT2D eigenvalue weighted by atomic mass is 9.98. The van der Waals surface area contributed by atoms with Crippen molar-refractivity contribution >= 4 is 115 Å². The molecular weight excluding hydrogens is 748 g/mol. The predicted molar refractivity (Wildman–Crippen MR) is 241 cm³/mol. The number of rotatable bonds is 6. The molecule has 0 spiro atoms. The first kappa shape index (κ1) is 32.5. The summed E-state index contributed by atoms with van der Waals surface area (Å²) in [5, 5.41) is 11.8. The van der Waals surface area contributed by atoms with Gasteiger partial charge in [-0.25, -0.2) is 0 Å². The fourth-order valence-corrected chi connectivity index (χ4v) is 9.01. The summed E-state index contributed by atoms with van der Waals surface area (Å²) in [4.78, 5) is 4.80. The molecule has 11 aromatic rings. The Kier molecular flexibility index (Phi) is 7.64. The molecule has 56 heavy (non-hydrogen) atoms. The monoisotopic (exact) mass is 780 g/mol. The van der Waals surface area contributed by atoms with Crippen molar-refractivity contribution in [2.24, 2.45) is 0 Å². The average molecular weight is 782 g/mol. The number of nitrogens with zero attached hydrogens (tertiary/aromatic N) is 2. The predicted octanol–water partition coefficient (Wildman–Crippen LogP) is 15.9. The van der Waals surface area contributed by atoms with E-state index in [1.54, 1.807) is 0 Å². The third-order valence-electron chi connectivity index (χ3n) is 11.0. The van der Waals surface area contributed by atoms with Gasteiger partial charge < -0.3 is 14.2 Å². The van der Waals surface area contributed by atoms with Crippen LogP contribution in [-0.4, -0.2) is 0 Å². The van der Waals surface area contributed by atoms with Gasteiger partial charge in [-0.3, -0.25) is 0 Å². The summed E-state index contributed by atoms with van der Waals surface area (Å²) in [5.41, 5.74) is 8.13. The molecule has 0 fully saturated rings. The minimum Gasteiger partial charge on any atom is -0.456 e. The van der Waals surface area contributed by atoms with Crippen LogP contribution < -0.4 is 9.80 Å². The lowest BCUT2D eigenvalue weighted by Crippen LogP contribution is -2.14. The van der Waals surface area contributed by atoms with E-state index in [2.05, 4.69) is 214 Å². The molecule has 0 radical (unpaired) electrons. The molecule has 0 aliphatic carbocycles. The van der Waals surface area contributed by atoms with Crippen molar-refractivity contribution in [2.45, 2.75) is 0 Å². The molecule has 1 heterocycles. The fourth-order valence-electron chi connectivity index (χ4n) is 8.54. The highest BCUT2D eigenvalue weighted by Crippen LogP contribution is 2.48. The summed E-state index contributed by atoms with van der Waals surface area (Å²) < 4.78 is 7.30. The maximum atomic E-state index is 6.33. The Morgan fingerprint density at radius 2 is 0.768 bits per heavy atom. The van der Waals surface area contributed by atoms with Crippen LogP contribution in [0.2, 0.25) is 0 Å². The topological polar surface area (TPSA) is 19.6 Å². The first-order valence-corrected chi connectivity index (χ1v) is 19.7. The maximum absolute atomic E-state index is 6.33. The van der Waals surface area contributed by atoms with E-state index >= 15 is 0 Å². The normalized spacial score (nSPS) is 11.7. The van der Waals surface area contributed by atoms with Gasteiger partial charge in [0, 0.05) is 48.8 Å². The molecule has 0 aliphatic heterocycles. The number of halogens is 1. The largest absolute Gasteiger partial charge is 0.456 e. The van der Waals surface area contributed by atoms with E-state index in [0.717, 1.165) is 60.5 Å². The fraction of sp³-hybridized carbons (Fsp3) is 0. The van der Waals surface area contributed by atoms with Gasteiger partial charge in [-0.2, -0.15) is 0 Å². The molecular formula is C52H33BrN2O. The molecule has 264 valence electrons. The van der Waals surface area contributed by atoms with Crippen molar-refractivity contribution in [1.29, 1.82) is 0 Å². The molecule has 0 amide bonds. The van der Waals surface area contributed by atoms with Crippen LogP contribution in [0.5, 0.6) is 0 Å². The van der Waals surface area contributed by atoms with E-state index in [4.69, 9.17) is 4.42 Å². The van der Waals surface area contributed by atoms with E-state index < -0.39 is 0 Å². The Labute approximate surface area is 332 Å². The van der Waals surface area contributed by atoms with E-state index in [1.165, 1.54) is 43.1 Å². The lowest BCUT2D eigenvalue weighted by Gasteiger charge is -2.31. The molecule has 0 saturated carbocycles. The SMILES string of the molecule is Brc1cc(N(c2ccccc2)c2cc3ccccc3c3ccccc23)cc(N(c2ccc3oc4ccccc4c3c2)c2cc3ccccc3c3ccccc23)c1. The first-order chi connectivity index (χ1) is 27.7. The summed E-state index contributed by atoms with van der Waals surface area (Å²) in [6.07, 6.45) is 0. The van der Waals surface area contributed by atoms with Crippen LogP contribution in [0, 0.1) is 0 Å². The van der Waals surface area contributed by atoms with E-state index in [0.29, 0.717) is 0 Å². The van der Waals surface area contributed by atoms with Crippen LogP contribution in [0.15, 0.2) is 209 Å². The molecule has 3 nitrogen and oxygen atoms in total. The minimum atomic E-state index is 0.867. The van der Waals surface area contributed by atoms with Gasteiger partial charge in [0.2, 0.25) is 0 Å². The Hall–Kier alpha value is -6.88. The molecule has 4 heteroatoms. The minimum absolute atomic E-state index is 0.867. The Morgan fingerprint density at radius 1 is 0.304 bits per heavy atom. The Morgan fingerprint density at radius 3 is 1.38 bits per heavy atom. The van der Waals surface area contributed by atoms with Crippen LogP contribution in [-0.2, 0) is 0 Å².